The predicted octanol–water partition coefficient (Wildman–Crippen LogP) is -0.137. The van der Waals surface area contributed by atoms with Gasteiger partial charge in [0.05, 0.1) is 11.6 Å². The topological polar surface area (TPSA) is 96.7 Å². The normalized spacial score (nSPS) is 20.4. The highest BCUT2D eigenvalue weighted by molar-refractivity contribution is 5.87. The summed E-state index contributed by atoms with van der Waals surface area (Å²) in [5, 5.41) is 9.27. The molecule has 15 heavy (non-hydrogen) atoms. The number of nitrogens with zero attached hydrogens (tertiary/aromatic N) is 2. The number of hydrogen-bond acceptors (Lipinski definition) is 4. The zero-order chi connectivity index (χ0) is 10.9. The van der Waals surface area contributed by atoms with Crippen LogP contribution >= 0.6 is 0 Å². The van der Waals surface area contributed by atoms with Crippen LogP contribution in [0.3, 0.4) is 0 Å². The van der Waals surface area contributed by atoms with Crippen LogP contribution < -0.4 is 11.1 Å². The van der Waals surface area contributed by atoms with Crippen molar-refractivity contribution in [1.82, 2.24) is 20.5 Å². The molecule has 1 atom stereocenters. The predicted molar refractivity (Wildman–Crippen MR) is 53.7 cm³/mol. The summed E-state index contributed by atoms with van der Waals surface area (Å²) < 4.78 is 0. The number of amides is 1. The summed E-state index contributed by atoms with van der Waals surface area (Å²) in [7, 11) is 0. The summed E-state index contributed by atoms with van der Waals surface area (Å²) in [6.45, 7) is 1.85. The van der Waals surface area contributed by atoms with Gasteiger partial charge in [0.2, 0.25) is 5.91 Å². The number of nitrogens with two attached hydrogens (primary N) is 1. The van der Waals surface area contributed by atoms with E-state index in [9.17, 15) is 4.79 Å². The zero-order valence-corrected chi connectivity index (χ0v) is 8.66. The van der Waals surface area contributed by atoms with Gasteiger partial charge in [0.1, 0.15) is 12.2 Å². The third kappa shape index (κ3) is 1.85. The van der Waals surface area contributed by atoms with E-state index >= 15 is 0 Å². The van der Waals surface area contributed by atoms with Gasteiger partial charge in [-0.1, -0.05) is 0 Å². The number of rotatable bonds is 3. The highest BCUT2D eigenvalue weighted by atomic mass is 16.2. The molecule has 0 saturated heterocycles. The van der Waals surface area contributed by atoms with Crippen LogP contribution in [0, 0.1) is 0 Å². The third-order valence-electron chi connectivity index (χ3n) is 2.89. The van der Waals surface area contributed by atoms with Crippen molar-refractivity contribution in [3.05, 3.63) is 12.2 Å². The van der Waals surface area contributed by atoms with Crippen LogP contribution in [-0.2, 0) is 4.79 Å². The molecule has 2 rings (SSSR count). The van der Waals surface area contributed by atoms with Crippen molar-refractivity contribution >= 4 is 5.91 Å². The molecule has 1 aliphatic rings. The molecule has 0 aromatic carbocycles. The zero-order valence-electron chi connectivity index (χ0n) is 8.66. The molecular weight excluding hydrogens is 194 g/mol. The Balaban J connectivity index is 1.94. The van der Waals surface area contributed by atoms with Crippen LogP contribution in [-0.4, -0.2) is 26.6 Å². The first-order valence-electron chi connectivity index (χ1n) is 5.07. The molecule has 82 valence electrons. The van der Waals surface area contributed by atoms with Crippen molar-refractivity contribution in [3.8, 4) is 0 Å². The summed E-state index contributed by atoms with van der Waals surface area (Å²) >= 11 is 0. The molecule has 6 heteroatoms. The Morgan fingerprint density at radius 1 is 1.73 bits per heavy atom. The molecule has 6 nitrogen and oxygen atoms in total. The van der Waals surface area contributed by atoms with Gasteiger partial charge in [0, 0.05) is 0 Å². The van der Waals surface area contributed by atoms with Gasteiger partial charge in [-0.25, -0.2) is 4.98 Å². The molecule has 4 N–H and O–H groups in total. The Morgan fingerprint density at radius 3 is 2.93 bits per heavy atom. The van der Waals surface area contributed by atoms with Crippen LogP contribution in [0.15, 0.2) is 6.33 Å². The van der Waals surface area contributed by atoms with E-state index in [4.69, 9.17) is 5.73 Å². The lowest BCUT2D eigenvalue weighted by molar-refractivity contribution is -0.129. The minimum atomic E-state index is -0.658. The van der Waals surface area contributed by atoms with Crippen molar-refractivity contribution in [2.45, 2.75) is 37.8 Å². The van der Waals surface area contributed by atoms with Gasteiger partial charge in [-0.3, -0.25) is 9.89 Å². The molecule has 1 heterocycles. The van der Waals surface area contributed by atoms with Crippen molar-refractivity contribution in [2.75, 3.05) is 0 Å². The van der Waals surface area contributed by atoms with E-state index < -0.39 is 5.54 Å². The lowest BCUT2D eigenvalue weighted by Gasteiger charge is -2.36. The number of carbonyl (C=O) groups excluding carboxylic acids is 1. The van der Waals surface area contributed by atoms with Crippen LogP contribution in [0.4, 0.5) is 0 Å². The Morgan fingerprint density at radius 2 is 2.47 bits per heavy atom. The van der Waals surface area contributed by atoms with Crippen molar-refractivity contribution in [1.29, 1.82) is 0 Å². The molecule has 0 aliphatic heterocycles. The van der Waals surface area contributed by atoms with Gasteiger partial charge in [-0.2, -0.15) is 5.10 Å². The van der Waals surface area contributed by atoms with Gasteiger partial charge in [-0.15, -0.1) is 0 Å². The summed E-state index contributed by atoms with van der Waals surface area (Å²) in [6.07, 6.45) is 3.98. The second-order valence-corrected chi connectivity index (χ2v) is 4.08. The largest absolute Gasteiger partial charge is 0.345 e. The Labute approximate surface area is 87.6 Å². The molecule has 1 aliphatic carbocycles. The molecule has 1 aromatic rings. The quantitative estimate of drug-likeness (QED) is 0.645. The molecule has 1 saturated carbocycles. The number of nitrogens with one attached hydrogen (secondary N) is 2. The van der Waals surface area contributed by atoms with E-state index in [1.807, 2.05) is 6.92 Å². The minimum absolute atomic E-state index is 0.0994. The minimum Gasteiger partial charge on any atom is -0.345 e. The van der Waals surface area contributed by atoms with E-state index in [1.165, 1.54) is 6.33 Å². The maximum absolute atomic E-state index is 11.8. The fourth-order valence-electron chi connectivity index (χ4n) is 1.62. The van der Waals surface area contributed by atoms with Crippen LogP contribution in [0.25, 0.3) is 0 Å². The second-order valence-electron chi connectivity index (χ2n) is 4.08. The average molecular weight is 209 g/mol. The fraction of sp³-hybridized carbons (Fsp3) is 0.667. The summed E-state index contributed by atoms with van der Waals surface area (Å²) in [4.78, 5) is 15.7. The Bertz CT molecular complexity index is 343. The number of hydrogen-bond donors (Lipinski definition) is 3. The first-order chi connectivity index (χ1) is 7.12. The molecular formula is C9H15N5O. The van der Waals surface area contributed by atoms with E-state index in [0.29, 0.717) is 5.82 Å². The number of H-pyrrole nitrogens is 1. The highest BCUT2D eigenvalue weighted by Crippen LogP contribution is 2.29. The first-order valence-corrected chi connectivity index (χ1v) is 5.07. The average Bonchev–Trinajstić information content (AvgIpc) is 2.66. The van der Waals surface area contributed by atoms with Crippen molar-refractivity contribution < 1.29 is 4.79 Å². The van der Waals surface area contributed by atoms with E-state index in [-0.39, 0.29) is 11.9 Å². The lowest BCUT2D eigenvalue weighted by Crippen LogP contribution is -2.58. The smallest absolute Gasteiger partial charge is 0.240 e. The summed E-state index contributed by atoms with van der Waals surface area (Å²) in [5.74, 6) is 0.545. The number of aromatic amines is 1. The fourth-order valence-corrected chi connectivity index (χ4v) is 1.62. The van der Waals surface area contributed by atoms with Crippen molar-refractivity contribution in [2.24, 2.45) is 5.73 Å². The highest BCUT2D eigenvalue weighted by Gasteiger charge is 2.40. The van der Waals surface area contributed by atoms with Crippen molar-refractivity contribution in [3.63, 3.8) is 0 Å². The van der Waals surface area contributed by atoms with Crippen LogP contribution in [0.1, 0.15) is 38.1 Å². The molecule has 0 spiro atoms. The second kappa shape index (κ2) is 3.62. The maximum Gasteiger partial charge on any atom is 0.240 e. The Hall–Kier alpha value is -1.43. The van der Waals surface area contributed by atoms with E-state index in [1.54, 1.807) is 0 Å². The van der Waals surface area contributed by atoms with Gasteiger partial charge in [-0.05, 0) is 26.2 Å². The van der Waals surface area contributed by atoms with Crippen LogP contribution in [0.2, 0.25) is 0 Å². The molecule has 0 radical (unpaired) electrons. The molecule has 1 unspecified atom stereocenters. The maximum atomic E-state index is 11.8. The molecule has 1 fully saturated rings. The SMILES string of the molecule is CC(NC(=O)C1(N)CCC1)c1ncn[nH]1. The summed E-state index contributed by atoms with van der Waals surface area (Å²) in [6, 6.07) is -0.180. The van der Waals surface area contributed by atoms with Gasteiger partial charge in [0.25, 0.3) is 0 Å². The van der Waals surface area contributed by atoms with E-state index in [0.717, 1.165) is 19.3 Å². The number of carbonyl (C=O) groups is 1. The lowest BCUT2D eigenvalue weighted by atomic mass is 9.77. The first kappa shape index (κ1) is 10.1. The Kier molecular flexibility index (Phi) is 2.44. The molecule has 1 amide bonds. The molecule has 1 aromatic heterocycles. The van der Waals surface area contributed by atoms with E-state index in [2.05, 4.69) is 20.5 Å². The van der Waals surface area contributed by atoms with Crippen LogP contribution in [0.5, 0.6) is 0 Å². The monoisotopic (exact) mass is 209 g/mol. The number of aromatic nitrogens is 3. The van der Waals surface area contributed by atoms with Gasteiger partial charge < -0.3 is 11.1 Å². The van der Waals surface area contributed by atoms with Gasteiger partial charge >= 0.3 is 0 Å². The standard InChI is InChI=1S/C9H15N5O/c1-6(7-11-5-12-14-7)13-8(15)9(10)3-2-4-9/h5-6H,2-4,10H2,1H3,(H,13,15)(H,11,12,14). The van der Waals surface area contributed by atoms with Gasteiger partial charge in [0.15, 0.2) is 0 Å². The summed E-state index contributed by atoms with van der Waals surface area (Å²) in [5.41, 5.74) is 5.23. The third-order valence-corrected chi connectivity index (χ3v) is 2.89. The molecule has 0 bridgehead atoms.